The number of hydrogen-bond acceptors (Lipinski definition) is 7. The summed E-state index contributed by atoms with van der Waals surface area (Å²) < 4.78 is 40.7. The molecular weight excluding hydrogens is 526 g/mol. The summed E-state index contributed by atoms with van der Waals surface area (Å²) in [4.78, 5) is 30.0. The number of rotatable bonds is 11. The van der Waals surface area contributed by atoms with Gasteiger partial charge in [-0.3, -0.25) is 4.79 Å². The van der Waals surface area contributed by atoms with Crippen molar-refractivity contribution < 1.29 is 27.5 Å². The first-order valence-electron chi connectivity index (χ1n) is 12.4. The smallest absolute Gasteiger partial charge is 0.337 e. The summed E-state index contributed by atoms with van der Waals surface area (Å²) in [6.07, 6.45) is 0. The predicted octanol–water partition coefficient (Wildman–Crippen LogP) is 4.18. The Morgan fingerprint density at radius 2 is 1.58 bits per heavy atom. The summed E-state index contributed by atoms with van der Waals surface area (Å²) in [7, 11) is -0.792. The minimum absolute atomic E-state index is 0.141. The molecule has 3 aromatic rings. The molecule has 2 aromatic carbocycles. The molecule has 0 N–H and O–H groups in total. The van der Waals surface area contributed by atoms with Crippen LogP contribution in [0.1, 0.15) is 48.4 Å². The van der Waals surface area contributed by atoms with Gasteiger partial charge in [0.15, 0.2) is 4.80 Å². The van der Waals surface area contributed by atoms with Gasteiger partial charge in [0.1, 0.15) is 0 Å². The number of fused-ring (bicyclic) bond motifs is 1. The van der Waals surface area contributed by atoms with E-state index in [-0.39, 0.29) is 22.3 Å². The standard InChI is InChI=1S/C27H35N3O6S2/c1-18(2)16-29(17-19(3)4)38(33,34)22-10-7-20(8-11-22)25(31)28-27-30(13-14-35-5)23-12-9-21(26(32)36-6)15-24(23)37-27/h7-12,15,18-19H,13-14,16-17H2,1-6H3. The Hall–Kier alpha value is -2.86. The summed E-state index contributed by atoms with van der Waals surface area (Å²) in [5, 5.41) is 0. The Morgan fingerprint density at radius 3 is 2.13 bits per heavy atom. The Balaban J connectivity index is 1.97. The van der Waals surface area contributed by atoms with Crippen LogP contribution in [0.3, 0.4) is 0 Å². The number of carbonyl (C=O) groups is 2. The van der Waals surface area contributed by atoms with Gasteiger partial charge in [-0.25, -0.2) is 13.2 Å². The van der Waals surface area contributed by atoms with Gasteiger partial charge in [0, 0.05) is 32.3 Å². The maximum Gasteiger partial charge on any atom is 0.337 e. The molecule has 0 radical (unpaired) electrons. The molecule has 0 saturated carbocycles. The van der Waals surface area contributed by atoms with E-state index in [1.54, 1.807) is 25.3 Å². The third kappa shape index (κ3) is 6.96. The average Bonchev–Trinajstić information content (AvgIpc) is 3.21. The van der Waals surface area contributed by atoms with Crippen LogP contribution in [-0.2, 0) is 26.0 Å². The summed E-state index contributed by atoms with van der Waals surface area (Å²) in [6.45, 7) is 9.62. The van der Waals surface area contributed by atoms with Gasteiger partial charge in [0.25, 0.3) is 5.91 Å². The van der Waals surface area contributed by atoms with E-state index in [1.165, 1.54) is 47.0 Å². The fourth-order valence-electron chi connectivity index (χ4n) is 3.96. The quantitative estimate of drug-likeness (QED) is 0.325. The van der Waals surface area contributed by atoms with Gasteiger partial charge >= 0.3 is 5.97 Å². The zero-order valence-electron chi connectivity index (χ0n) is 22.6. The molecule has 0 unspecified atom stereocenters. The zero-order chi connectivity index (χ0) is 28.0. The van der Waals surface area contributed by atoms with Gasteiger partial charge < -0.3 is 14.0 Å². The van der Waals surface area contributed by atoms with Crippen molar-refractivity contribution in [2.45, 2.75) is 39.1 Å². The number of hydrogen-bond donors (Lipinski definition) is 0. The highest BCUT2D eigenvalue weighted by molar-refractivity contribution is 7.89. The van der Waals surface area contributed by atoms with Crippen molar-refractivity contribution in [2.75, 3.05) is 33.9 Å². The highest BCUT2D eigenvalue weighted by atomic mass is 32.2. The minimum atomic E-state index is -3.70. The second-order valence-electron chi connectivity index (χ2n) is 9.75. The lowest BCUT2D eigenvalue weighted by atomic mass is 10.2. The number of methoxy groups -OCH3 is 2. The molecule has 11 heteroatoms. The summed E-state index contributed by atoms with van der Waals surface area (Å²) in [5.74, 6) is -0.592. The van der Waals surface area contributed by atoms with Crippen molar-refractivity contribution in [1.82, 2.24) is 8.87 Å². The minimum Gasteiger partial charge on any atom is -0.465 e. The van der Waals surface area contributed by atoms with Crippen LogP contribution in [0, 0.1) is 11.8 Å². The van der Waals surface area contributed by atoms with Gasteiger partial charge in [-0.15, -0.1) is 0 Å². The Morgan fingerprint density at radius 1 is 0.974 bits per heavy atom. The summed E-state index contributed by atoms with van der Waals surface area (Å²) in [6, 6.07) is 11.1. The monoisotopic (exact) mass is 561 g/mol. The SMILES string of the molecule is COCCn1c(=NC(=O)c2ccc(S(=O)(=O)N(CC(C)C)CC(C)C)cc2)sc2cc(C(=O)OC)ccc21. The Bertz CT molecular complexity index is 1440. The number of amides is 1. The third-order valence-corrected chi connectivity index (χ3v) is 8.58. The average molecular weight is 562 g/mol. The van der Waals surface area contributed by atoms with Crippen LogP contribution in [0.5, 0.6) is 0 Å². The number of benzene rings is 2. The van der Waals surface area contributed by atoms with Crippen LogP contribution in [0.2, 0.25) is 0 Å². The van der Waals surface area contributed by atoms with Crippen molar-refractivity contribution in [2.24, 2.45) is 16.8 Å². The predicted molar refractivity (Wildman–Crippen MR) is 148 cm³/mol. The van der Waals surface area contributed by atoms with E-state index in [9.17, 15) is 18.0 Å². The van der Waals surface area contributed by atoms with E-state index < -0.39 is 21.9 Å². The second kappa shape index (κ2) is 12.8. The number of ether oxygens (including phenoxy) is 2. The molecule has 0 spiro atoms. The van der Waals surface area contributed by atoms with Crippen molar-refractivity contribution in [3.8, 4) is 0 Å². The number of aromatic nitrogens is 1. The Kier molecular flexibility index (Phi) is 10.00. The molecule has 0 fully saturated rings. The molecule has 1 heterocycles. The van der Waals surface area contributed by atoms with Crippen LogP contribution in [-0.4, -0.2) is 63.1 Å². The molecule has 0 aliphatic rings. The molecular formula is C27H35N3O6S2. The highest BCUT2D eigenvalue weighted by Crippen LogP contribution is 2.22. The van der Waals surface area contributed by atoms with E-state index in [2.05, 4.69) is 4.99 Å². The lowest BCUT2D eigenvalue weighted by molar-refractivity contribution is 0.0600. The van der Waals surface area contributed by atoms with E-state index in [4.69, 9.17) is 9.47 Å². The number of esters is 1. The molecule has 206 valence electrons. The van der Waals surface area contributed by atoms with Crippen LogP contribution < -0.4 is 4.80 Å². The topological polar surface area (TPSA) is 107 Å². The molecule has 0 saturated heterocycles. The van der Waals surface area contributed by atoms with E-state index in [0.717, 1.165) is 10.2 Å². The van der Waals surface area contributed by atoms with Crippen molar-refractivity contribution in [3.05, 3.63) is 58.4 Å². The lowest BCUT2D eigenvalue weighted by Crippen LogP contribution is -2.37. The molecule has 9 nitrogen and oxygen atoms in total. The molecule has 0 bridgehead atoms. The first kappa shape index (κ1) is 29.7. The molecule has 0 aliphatic heterocycles. The number of carbonyl (C=O) groups excluding carboxylic acids is 2. The normalized spacial score (nSPS) is 12.7. The summed E-state index contributed by atoms with van der Waals surface area (Å²) >= 11 is 1.27. The number of nitrogens with zero attached hydrogens (tertiary/aromatic N) is 3. The maximum absolute atomic E-state index is 13.3. The molecule has 0 atom stereocenters. The number of thiazole rings is 1. The van der Waals surface area contributed by atoms with E-state index >= 15 is 0 Å². The van der Waals surface area contributed by atoms with Crippen LogP contribution in [0.4, 0.5) is 0 Å². The summed E-state index contributed by atoms with van der Waals surface area (Å²) in [5.41, 5.74) is 1.48. The molecule has 3 rings (SSSR count). The van der Waals surface area contributed by atoms with Crippen LogP contribution in [0.15, 0.2) is 52.4 Å². The van der Waals surface area contributed by atoms with Gasteiger partial charge in [-0.2, -0.15) is 9.30 Å². The van der Waals surface area contributed by atoms with Gasteiger partial charge in [0.2, 0.25) is 10.0 Å². The largest absolute Gasteiger partial charge is 0.465 e. The maximum atomic E-state index is 13.3. The highest BCUT2D eigenvalue weighted by Gasteiger charge is 2.26. The van der Waals surface area contributed by atoms with Crippen molar-refractivity contribution >= 4 is 43.5 Å². The van der Waals surface area contributed by atoms with Gasteiger partial charge in [-0.05, 0) is 54.3 Å². The van der Waals surface area contributed by atoms with Gasteiger partial charge in [-0.1, -0.05) is 39.0 Å². The Labute approximate surface area is 227 Å². The first-order valence-corrected chi connectivity index (χ1v) is 14.6. The van der Waals surface area contributed by atoms with E-state index in [1.807, 2.05) is 32.3 Å². The van der Waals surface area contributed by atoms with Crippen molar-refractivity contribution in [3.63, 3.8) is 0 Å². The van der Waals surface area contributed by atoms with Crippen molar-refractivity contribution in [1.29, 1.82) is 0 Å². The van der Waals surface area contributed by atoms with Crippen LogP contribution >= 0.6 is 11.3 Å². The van der Waals surface area contributed by atoms with Crippen LogP contribution in [0.25, 0.3) is 10.2 Å². The second-order valence-corrected chi connectivity index (χ2v) is 12.7. The first-order chi connectivity index (χ1) is 18.0. The lowest BCUT2D eigenvalue weighted by Gasteiger charge is -2.25. The zero-order valence-corrected chi connectivity index (χ0v) is 24.3. The molecule has 1 aromatic heterocycles. The molecule has 38 heavy (non-hydrogen) atoms. The molecule has 1 amide bonds. The number of sulfonamides is 1. The fourth-order valence-corrected chi connectivity index (χ4v) is 6.82. The fraction of sp³-hybridized carbons (Fsp3) is 0.444. The van der Waals surface area contributed by atoms with E-state index in [0.29, 0.717) is 36.6 Å². The third-order valence-electron chi connectivity index (χ3n) is 5.70. The van der Waals surface area contributed by atoms with Gasteiger partial charge in [0.05, 0.1) is 34.4 Å². The molecule has 0 aliphatic carbocycles.